The van der Waals surface area contributed by atoms with Crippen molar-refractivity contribution in [2.24, 2.45) is 0 Å². The number of epoxide rings is 1. The van der Waals surface area contributed by atoms with Crippen LogP contribution in [0.15, 0.2) is 18.2 Å². The Hall–Kier alpha value is -1.62. The molecule has 5 heteroatoms. The van der Waals surface area contributed by atoms with E-state index < -0.39 is 11.8 Å². The molecular formula is C11H11FO4. The lowest BCUT2D eigenvalue weighted by Crippen LogP contribution is -2.07. The van der Waals surface area contributed by atoms with Gasteiger partial charge in [-0.3, -0.25) is 0 Å². The highest BCUT2D eigenvalue weighted by molar-refractivity contribution is 5.89. The van der Waals surface area contributed by atoms with Crippen LogP contribution in [0, 0.1) is 5.82 Å². The fourth-order valence-corrected chi connectivity index (χ4v) is 1.21. The summed E-state index contributed by atoms with van der Waals surface area (Å²) >= 11 is 0. The van der Waals surface area contributed by atoms with E-state index in [0.717, 1.165) is 6.07 Å². The van der Waals surface area contributed by atoms with Gasteiger partial charge in [0.15, 0.2) is 0 Å². The molecule has 16 heavy (non-hydrogen) atoms. The van der Waals surface area contributed by atoms with E-state index in [9.17, 15) is 9.18 Å². The number of esters is 1. The van der Waals surface area contributed by atoms with Crippen LogP contribution in [0.2, 0.25) is 0 Å². The minimum absolute atomic E-state index is 0.0995. The van der Waals surface area contributed by atoms with Crippen LogP contribution < -0.4 is 4.74 Å². The lowest BCUT2D eigenvalue weighted by Gasteiger charge is -2.06. The Labute approximate surface area is 91.9 Å². The van der Waals surface area contributed by atoms with Gasteiger partial charge >= 0.3 is 5.97 Å². The molecule has 1 aromatic rings. The molecular weight excluding hydrogens is 215 g/mol. The molecule has 0 N–H and O–H groups in total. The van der Waals surface area contributed by atoms with Crippen molar-refractivity contribution < 1.29 is 23.4 Å². The van der Waals surface area contributed by atoms with Crippen molar-refractivity contribution >= 4 is 5.97 Å². The molecule has 2 rings (SSSR count). The third kappa shape index (κ3) is 2.49. The van der Waals surface area contributed by atoms with E-state index in [0.29, 0.717) is 19.0 Å². The molecule has 0 saturated carbocycles. The fourth-order valence-electron chi connectivity index (χ4n) is 1.21. The maximum absolute atomic E-state index is 13.4. The van der Waals surface area contributed by atoms with Gasteiger partial charge in [-0.1, -0.05) is 0 Å². The standard InChI is InChI=1S/C11H11FO4/c1-14-11(13)9-3-2-7(4-10(9)12)15-5-8-6-16-8/h2-4,8H,5-6H2,1H3. The second-order valence-electron chi connectivity index (χ2n) is 3.40. The van der Waals surface area contributed by atoms with E-state index in [-0.39, 0.29) is 11.7 Å². The largest absolute Gasteiger partial charge is 0.491 e. The number of hydrogen-bond donors (Lipinski definition) is 0. The van der Waals surface area contributed by atoms with E-state index in [1.165, 1.54) is 19.2 Å². The average Bonchev–Trinajstić information content (AvgIpc) is 3.09. The molecule has 1 atom stereocenters. The Morgan fingerprint density at radius 2 is 2.38 bits per heavy atom. The number of halogens is 1. The van der Waals surface area contributed by atoms with Crippen LogP contribution in [0.1, 0.15) is 10.4 Å². The Kier molecular flexibility index (Phi) is 3.05. The van der Waals surface area contributed by atoms with E-state index >= 15 is 0 Å². The highest BCUT2D eigenvalue weighted by atomic mass is 19.1. The summed E-state index contributed by atoms with van der Waals surface area (Å²) < 4.78 is 28.0. The molecule has 1 heterocycles. The van der Waals surface area contributed by atoms with Crippen molar-refractivity contribution in [3.63, 3.8) is 0 Å². The van der Waals surface area contributed by atoms with Gasteiger partial charge in [0, 0.05) is 6.07 Å². The van der Waals surface area contributed by atoms with Gasteiger partial charge in [-0.2, -0.15) is 0 Å². The molecule has 1 aliphatic heterocycles. The highest BCUT2D eigenvalue weighted by Crippen LogP contribution is 2.19. The second kappa shape index (κ2) is 4.49. The zero-order valence-corrected chi connectivity index (χ0v) is 8.73. The maximum atomic E-state index is 13.4. The summed E-state index contributed by atoms with van der Waals surface area (Å²) in [6.45, 7) is 1.08. The summed E-state index contributed by atoms with van der Waals surface area (Å²) in [7, 11) is 1.20. The van der Waals surface area contributed by atoms with Crippen molar-refractivity contribution in [1.82, 2.24) is 0 Å². The van der Waals surface area contributed by atoms with Gasteiger partial charge in [0.25, 0.3) is 0 Å². The molecule has 0 radical (unpaired) electrons. The normalized spacial score (nSPS) is 18.0. The summed E-state index contributed by atoms with van der Waals surface area (Å²) in [6.07, 6.45) is 0.114. The Bertz CT molecular complexity index is 401. The van der Waals surface area contributed by atoms with E-state index in [1.54, 1.807) is 0 Å². The minimum Gasteiger partial charge on any atom is -0.491 e. The van der Waals surface area contributed by atoms with E-state index in [1.807, 2.05) is 0 Å². The van der Waals surface area contributed by atoms with Crippen LogP contribution >= 0.6 is 0 Å². The molecule has 0 aromatic heterocycles. The lowest BCUT2D eigenvalue weighted by molar-refractivity contribution is 0.0595. The summed E-state index contributed by atoms with van der Waals surface area (Å²) in [4.78, 5) is 11.1. The van der Waals surface area contributed by atoms with Crippen molar-refractivity contribution in [3.8, 4) is 5.75 Å². The first-order chi connectivity index (χ1) is 7.70. The predicted octanol–water partition coefficient (Wildman–Crippen LogP) is 1.39. The molecule has 1 unspecified atom stereocenters. The molecule has 0 amide bonds. The van der Waals surface area contributed by atoms with Gasteiger partial charge in [-0.15, -0.1) is 0 Å². The third-order valence-electron chi connectivity index (χ3n) is 2.18. The Balaban J connectivity index is 2.05. The van der Waals surface area contributed by atoms with Gasteiger partial charge in [-0.25, -0.2) is 9.18 Å². The van der Waals surface area contributed by atoms with Crippen LogP contribution in [-0.4, -0.2) is 32.4 Å². The number of benzene rings is 1. The number of rotatable bonds is 4. The van der Waals surface area contributed by atoms with Crippen LogP contribution in [0.25, 0.3) is 0 Å². The molecule has 0 aliphatic carbocycles. The van der Waals surface area contributed by atoms with Crippen molar-refractivity contribution in [1.29, 1.82) is 0 Å². The molecule has 0 spiro atoms. The molecule has 1 fully saturated rings. The minimum atomic E-state index is -0.699. The SMILES string of the molecule is COC(=O)c1ccc(OCC2CO2)cc1F. The van der Waals surface area contributed by atoms with Crippen molar-refractivity contribution in [3.05, 3.63) is 29.6 Å². The number of ether oxygens (including phenoxy) is 3. The zero-order chi connectivity index (χ0) is 11.5. The van der Waals surface area contributed by atoms with Crippen LogP contribution in [-0.2, 0) is 9.47 Å². The topological polar surface area (TPSA) is 48.1 Å². The van der Waals surface area contributed by atoms with Gasteiger partial charge in [-0.05, 0) is 12.1 Å². The molecule has 1 aliphatic rings. The molecule has 1 aromatic carbocycles. The first-order valence-electron chi connectivity index (χ1n) is 4.83. The fraction of sp³-hybridized carbons (Fsp3) is 0.364. The quantitative estimate of drug-likeness (QED) is 0.575. The van der Waals surface area contributed by atoms with Gasteiger partial charge < -0.3 is 14.2 Å². The predicted molar refractivity (Wildman–Crippen MR) is 53.0 cm³/mol. The zero-order valence-electron chi connectivity index (χ0n) is 8.73. The first kappa shape index (κ1) is 10.9. The monoisotopic (exact) mass is 226 g/mol. The smallest absolute Gasteiger partial charge is 0.340 e. The van der Waals surface area contributed by atoms with Crippen molar-refractivity contribution in [2.45, 2.75) is 6.10 Å². The number of carbonyl (C=O) groups is 1. The third-order valence-corrected chi connectivity index (χ3v) is 2.18. The van der Waals surface area contributed by atoms with Crippen molar-refractivity contribution in [2.75, 3.05) is 20.3 Å². The van der Waals surface area contributed by atoms with E-state index in [4.69, 9.17) is 9.47 Å². The van der Waals surface area contributed by atoms with Gasteiger partial charge in [0.2, 0.25) is 0 Å². The van der Waals surface area contributed by atoms with Crippen LogP contribution in [0.5, 0.6) is 5.75 Å². The Morgan fingerprint density at radius 3 is 2.94 bits per heavy atom. The lowest BCUT2D eigenvalue weighted by atomic mass is 10.2. The highest BCUT2D eigenvalue weighted by Gasteiger charge is 2.23. The molecule has 4 nitrogen and oxygen atoms in total. The number of hydrogen-bond acceptors (Lipinski definition) is 4. The molecule has 0 bridgehead atoms. The molecule has 86 valence electrons. The second-order valence-corrected chi connectivity index (χ2v) is 3.40. The Morgan fingerprint density at radius 1 is 1.62 bits per heavy atom. The molecule has 1 saturated heterocycles. The first-order valence-corrected chi connectivity index (χ1v) is 4.83. The number of carbonyl (C=O) groups excluding carboxylic acids is 1. The number of methoxy groups -OCH3 is 1. The maximum Gasteiger partial charge on any atom is 0.340 e. The summed E-state index contributed by atoms with van der Waals surface area (Å²) in [5.74, 6) is -0.976. The summed E-state index contributed by atoms with van der Waals surface area (Å²) in [5, 5.41) is 0. The van der Waals surface area contributed by atoms with Gasteiger partial charge in [0.05, 0.1) is 19.3 Å². The summed E-state index contributed by atoms with van der Waals surface area (Å²) in [6, 6.07) is 4.02. The van der Waals surface area contributed by atoms with E-state index in [2.05, 4.69) is 4.74 Å². The van der Waals surface area contributed by atoms with Crippen LogP contribution in [0.4, 0.5) is 4.39 Å². The van der Waals surface area contributed by atoms with Crippen LogP contribution in [0.3, 0.4) is 0 Å². The average molecular weight is 226 g/mol. The van der Waals surface area contributed by atoms with Gasteiger partial charge in [0.1, 0.15) is 24.3 Å². The summed E-state index contributed by atoms with van der Waals surface area (Å²) in [5.41, 5.74) is -0.0995.